The number of nitrogens with one attached hydrogen (secondary N) is 1. The van der Waals surface area contributed by atoms with Crippen molar-refractivity contribution in [2.24, 2.45) is 0 Å². The van der Waals surface area contributed by atoms with Crippen molar-refractivity contribution in [1.82, 2.24) is 5.32 Å². The molecule has 2 rings (SSSR count). The van der Waals surface area contributed by atoms with Crippen LogP contribution in [-0.2, 0) is 10.5 Å². The smallest absolute Gasteiger partial charge is 0.145 e. The summed E-state index contributed by atoms with van der Waals surface area (Å²) in [4.78, 5) is 0. The quantitative estimate of drug-likeness (QED) is 0.802. The van der Waals surface area contributed by atoms with Gasteiger partial charge in [0.05, 0.1) is 6.61 Å². The minimum Gasteiger partial charge on any atom is -0.355 e. The zero-order valence-corrected chi connectivity index (χ0v) is 9.60. The first-order valence-corrected chi connectivity index (χ1v) is 4.78. The standard InChI is InChI=1S/C11H14FNO.ClH/c1-8-7-14-11(2,13-8)9-5-3-4-6-10(9)12;/h3-6,8,13H,7H2,1-2H3;1H. The van der Waals surface area contributed by atoms with Crippen LogP contribution in [0.4, 0.5) is 4.39 Å². The molecule has 4 heteroatoms. The highest BCUT2D eigenvalue weighted by Crippen LogP contribution is 2.29. The highest BCUT2D eigenvalue weighted by molar-refractivity contribution is 5.85. The van der Waals surface area contributed by atoms with Crippen LogP contribution in [0.1, 0.15) is 19.4 Å². The number of hydrogen-bond acceptors (Lipinski definition) is 2. The third-order valence-corrected chi connectivity index (χ3v) is 2.53. The van der Waals surface area contributed by atoms with E-state index in [0.717, 1.165) is 0 Å². The molecule has 1 aliphatic rings. The Hall–Kier alpha value is -0.640. The third-order valence-electron chi connectivity index (χ3n) is 2.53. The molecule has 84 valence electrons. The maximum atomic E-state index is 13.5. The summed E-state index contributed by atoms with van der Waals surface area (Å²) in [5.74, 6) is -0.225. The number of ether oxygens (including phenoxy) is 1. The van der Waals surface area contributed by atoms with Crippen LogP contribution >= 0.6 is 12.4 Å². The highest BCUT2D eigenvalue weighted by atomic mass is 35.5. The summed E-state index contributed by atoms with van der Waals surface area (Å²) < 4.78 is 19.1. The summed E-state index contributed by atoms with van der Waals surface area (Å²) in [6.07, 6.45) is 0. The van der Waals surface area contributed by atoms with Crippen molar-refractivity contribution in [3.8, 4) is 0 Å². The van der Waals surface area contributed by atoms with Gasteiger partial charge in [-0.2, -0.15) is 0 Å². The minimum absolute atomic E-state index is 0. The lowest BCUT2D eigenvalue weighted by Gasteiger charge is -2.24. The van der Waals surface area contributed by atoms with Crippen LogP contribution in [0.5, 0.6) is 0 Å². The lowest BCUT2D eigenvalue weighted by atomic mass is 10.0. The summed E-state index contributed by atoms with van der Waals surface area (Å²) in [5.41, 5.74) is -0.102. The summed E-state index contributed by atoms with van der Waals surface area (Å²) in [6.45, 7) is 4.49. The van der Waals surface area contributed by atoms with Crippen LogP contribution in [0.2, 0.25) is 0 Å². The van der Waals surface area contributed by atoms with E-state index in [2.05, 4.69) is 5.32 Å². The molecular formula is C11H15ClFNO. The summed E-state index contributed by atoms with van der Waals surface area (Å²) in [6, 6.07) is 6.97. The maximum Gasteiger partial charge on any atom is 0.145 e. The second-order valence-electron chi connectivity index (χ2n) is 3.87. The molecule has 1 saturated heterocycles. The lowest BCUT2D eigenvalue weighted by Crippen LogP contribution is -2.38. The molecule has 0 spiro atoms. The fourth-order valence-electron chi connectivity index (χ4n) is 1.85. The fraction of sp³-hybridized carbons (Fsp3) is 0.455. The fourth-order valence-corrected chi connectivity index (χ4v) is 1.85. The summed E-state index contributed by atoms with van der Waals surface area (Å²) in [7, 11) is 0. The first-order valence-electron chi connectivity index (χ1n) is 4.78. The van der Waals surface area contributed by atoms with Gasteiger partial charge in [0, 0.05) is 11.6 Å². The SMILES string of the molecule is CC1COC(C)(c2ccccc2F)N1.Cl. The van der Waals surface area contributed by atoms with Gasteiger partial charge in [-0.3, -0.25) is 5.32 Å². The summed E-state index contributed by atoms with van der Waals surface area (Å²) in [5, 5.41) is 3.23. The molecule has 2 nitrogen and oxygen atoms in total. The largest absolute Gasteiger partial charge is 0.355 e. The van der Waals surface area contributed by atoms with E-state index in [1.54, 1.807) is 12.1 Å². The van der Waals surface area contributed by atoms with Crippen molar-refractivity contribution in [2.45, 2.75) is 25.6 Å². The van der Waals surface area contributed by atoms with E-state index in [4.69, 9.17) is 4.74 Å². The number of benzene rings is 1. The van der Waals surface area contributed by atoms with Gasteiger partial charge < -0.3 is 4.74 Å². The van der Waals surface area contributed by atoms with E-state index in [1.165, 1.54) is 6.07 Å². The zero-order chi connectivity index (χ0) is 10.2. The molecule has 0 saturated carbocycles. The van der Waals surface area contributed by atoms with Crippen LogP contribution in [-0.4, -0.2) is 12.6 Å². The molecule has 15 heavy (non-hydrogen) atoms. The van der Waals surface area contributed by atoms with Crippen molar-refractivity contribution in [3.05, 3.63) is 35.6 Å². The van der Waals surface area contributed by atoms with Gasteiger partial charge in [0.1, 0.15) is 11.5 Å². The maximum absolute atomic E-state index is 13.5. The second-order valence-corrected chi connectivity index (χ2v) is 3.87. The highest BCUT2D eigenvalue weighted by Gasteiger charge is 2.36. The molecule has 1 N–H and O–H groups in total. The van der Waals surface area contributed by atoms with Gasteiger partial charge in [-0.1, -0.05) is 18.2 Å². The Bertz CT molecular complexity index is 347. The van der Waals surface area contributed by atoms with Gasteiger partial charge in [-0.05, 0) is 19.9 Å². The van der Waals surface area contributed by atoms with Crippen LogP contribution in [0.3, 0.4) is 0 Å². The Kier molecular flexibility index (Phi) is 3.71. The third kappa shape index (κ3) is 2.30. The van der Waals surface area contributed by atoms with E-state index in [0.29, 0.717) is 12.2 Å². The topological polar surface area (TPSA) is 21.3 Å². The predicted molar refractivity (Wildman–Crippen MR) is 59.5 cm³/mol. The normalized spacial score (nSPS) is 29.9. The minimum atomic E-state index is -0.676. The van der Waals surface area contributed by atoms with Crippen LogP contribution in [0.25, 0.3) is 0 Å². The van der Waals surface area contributed by atoms with Gasteiger partial charge in [-0.15, -0.1) is 12.4 Å². The number of halogens is 2. The second kappa shape index (κ2) is 4.47. The first-order chi connectivity index (χ1) is 6.62. The summed E-state index contributed by atoms with van der Waals surface area (Å²) >= 11 is 0. The van der Waals surface area contributed by atoms with E-state index in [-0.39, 0.29) is 24.3 Å². The van der Waals surface area contributed by atoms with Crippen molar-refractivity contribution >= 4 is 12.4 Å². The molecule has 1 aromatic carbocycles. The molecule has 2 unspecified atom stereocenters. The Balaban J connectivity index is 0.00000112. The Morgan fingerprint density at radius 1 is 1.47 bits per heavy atom. The number of hydrogen-bond donors (Lipinski definition) is 1. The molecule has 0 bridgehead atoms. The van der Waals surface area contributed by atoms with Crippen molar-refractivity contribution in [3.63, 3.8) is 0 Å². The van der Waals surface area contributed by atoms with E-state index >= 15 is 0 Å². The Morgan fingerprint density at radius 3 is 2.67 bits per heavy atom. The zero-order valence-electron chi connectivity index (χ0n) is 8.79. The number of rotatable bonds is 1. The average Bonchev–Trinajstić information content (AvgIpc) is 2.48. The molecule has 0 aliphatic carbocycles. The molecule has 1 aromatic rings. The molecular weight excluding hydrogens is 217 g/mol. The van der Waals surface area contributed by atoms with Gasteiger partial charge in [0.15, 0.2) is 0 Å². The monoisotopic (exact) mass is 231 g/mol. The van der Waals surface area contributed by atoms with Gasteiger partial charge in [0.2, 0.25) is 0 Å². The molecule has 0 amide bonds. The van der Waals surface area contributed by atoms with Crippen LogP contribution in [0, 0.1) is 5.82 Å². The molecule has 1 aliphatic heterocycles. The lowest BCUT2D eigenvalue weighted by molar-refractivity contribution is -0.000475. The van der Waals surface area contributed by atoms with Gasteiger partial charge >= 0.3 is 0 Å². The molecule has 0 aromatic heterocycles. The van der Waals surface area contributed by atoms with E-state index < -0.39 is 5.72 Å². The van der Waals surface area contributed by atoms with Gasteiger partial charge in [-0.25, -0.2) is 4.39 Å². The average molecular weight is 232 g/mol. The Morgan fingerprint density at radius 2 is 2.13 bits per heavy atom. The molecule has 1 heterocycles. The van der Waals surface area contributed by atoms with Crippen molar-refractivity contribution < 1.29 is 9.13 Å². The molecule has 0 radical (unpaired) electrons. The predicted octanol–water partition coefficient (Wildman–Crippen LogP) is 2.43. The Labute approximate surface area is 95.2 Å². The van der Waals surface area contributed by atoms with Crippen LogP contribution in [0.15, 0.2) is 24.3 Å². The first kappa shape index (κ1) is 12.4. The van der Waals surface area contributed by atoms with Crippen LogP contribution < -0.4 is 5.32 Å². The molecule has 2 atom stereocenters. The van der Waals surface area contributed by atoms with E-state index in [9.17, 15) is 4.39 Å². The van der Waals surface area contributed by atoms with Crippen molar-refractivity contribution in [2.75, 3.05) is 6.61 Å². The van der Waals surface area contributed by atoms with Gasteiger partial charge in [0.25, 0.3) is 0 Å². The molecule has 1 fully saturated rings. The van der Waals surface area contributed by atoms with Crippen molar-refractivity contribution in [1.29, 1.82) is 0 Å². The van der Waals surface area contributed by atoms with E-state index in [1.807, 2.05) is 19.9 Å².